The van der Waals surface area contributed by atoms with E-state index in [-0.39, 0.29) is 0 Å². The molecular weight excluding hydrogens is 256 g/mol. The van der Waals surface area contributed by atoms with Gasteiger partial charge in [-0.05, 0) is 48.2 Å². The molecule has 0 aliphatic carbocycles. The summed E-state index contributed by atoms with van der Waals surface area (Å²) in [5, 5.41) is 0. The van der Waals surface area contributed by atoms with Crippen molar-refractivity contribution < 1.29 is 0 Å². The van der Waals surface area contributed by atoms with Gasteiger partial charge in [0.15, 0.2) is 0 Å². The Hall–Kier alpha value is -0.860. The Bertz CT molecular complexity index is 536. The van der Waals surface area contributed by atoms with Gasteiger partial charge in [0.25, 0.3) is 0 Å². The van der Waals surface area contributed by atoms with E-state index in [1.165, 1.54) is 30.7 Å². The van der Waals surface area contributed by atoms with Gasteiger partial charge >= 0.3 is 0 Å². The molecule has 0 bridgehead atoms. The first-order chi connectivity index (χ1) is 8.80. The largest absolute Gasteiger partial charge is 0.0877 e. The molecule has 0 aromatic heterocycles. The van der Waals surface area contributed by atoms with Crippen LogP contribution in [0.2, 0.25) is 0 Å². The normalized spacial score (nSPS) is 13.0. The third-order valence-corrected chi connectivity index (χ3v) is 5.80. The highest BCUT2D eigenvalue weighted by molar-refractivity contribution is 8.05. The van der Waals surface area contributed by atoms with E-state index >= 15 is 0 Å². The fraction of sp³-hybridized carbons (Fsp3) is 0.250. The summed E-state index contributed by atoms with van der Waals surface area (Å²) in [6.07, 6.45) is 2.22. The van der Waals surface area contributed by atoms with Gasteiger partial charge in [-0.3, -0.25) is 0 Å². The van der Waals surface area contributed by atoms with Crippen molar-refractivity contribution in [2.24, 2.45) is 0 Å². The van der Waals surface area contributed by atoms with Crippen LogP contribution >= 0.6 is 23.5 Å². The van der Waals surface area contributed by atoms with Crippen molar-refractivity contribution in [3.05, 3.63) is 47.5 Å². The summed E-state index contributed by atoms with van der Waals surface area (Å²) >= 11 is 3.82. The molecule has 0 saturated heterocycles. The van der Waals surface area contributed by atoms with Crippen LogP contribution in [0.3, 0.4) is 0 Å². The van der Waals surface area contributed by atoms with E-state index in [0.717, 1.165) is 12.8 Å². The van der Waals surface area contributed by atoms with Crippen molar-refractivity contribution in [3.8, 4) is 0 Å². The molecule has 1 heterocycles. The third-order valence-electron chi connectivity index (χ3n) is 3.27. The lowest BCUT2D eigenvalue weighted by molar-refractivity contribution is 1.06. The lowest BCUT2D eigenvalue weighted by Gasteiger charge is -2.19. The number of rotatable bonds is 2. The van der Waals surface area contributed by atoms with Crippen LogP contribution in [0.1, 0.15) is 25.0 Å². The molecule has 92 valence electrons. The van der Waals surface area contributed by atoms with Crippen molar-refractivity contribution in [2.45, 2.75) is 46.3 Å². The van der Waals surface area contributed by atoms with Crippen molar-refractivity contribution in [3.63, 3.8) is 0 Å². The van der Waals surface area contributed by atoms with Gasteiger partial charge in [0, 0.05) is 19.6 Å². The van der Waals surface area contributed by atoms with Crippen molar-refractivity contribution in [2.75, 3.05) is 0 Å². The molecule has 0 spiro atoms. The summed E-state index contributed by atoms with van der Waals surface area (Å²) in [6, 6.07) is 13.7. The van der Waals surface area contributed by atoms with E-state index in [9.17, 15) is 0 Å². The van der Waals surface area contributed by atoms with Crippen LogP contribution in [0, 0.1) is 0 Å². The minimum atomic E-state index is 1.11. The summed E-state index contributed by atoms with van der Waals surface area (Å²) < 4.78 is 0. The Morgan fingerprint density at radius 3 is 1.56 bits per heavy atom. The predicted molar refractivity (Wildman–Crippen MR) is 79.9 cm³/mol. The first-order valence-electron chi connectivity index (χ1n) is 6.41. The monoisotopic (exact) mass is 272 g/mol. The van der Waals surface area contributed by atoms with Gasteiger partial charge in [-0.2, -0.15) is 0 Å². The van der Waals surface area contributed by atoms with Crippen molar-refractivity contribution in [1.29, 1.82) is 0 Å². The minimum absolute atomic E-state index is 1.11. The molecule has 0 N–H and O–H groups in total. The number of benzene rings is 2. The lowest BCUT2D eigenvalue weighted by Crippen LogP contribution is -1.92. The highest BCUT2D eigenvalue weighted by atomic mass is 32.2. The van der Waals surface area contributed by atoms with E-state index in [4.69, 9.17) is 0 Å². The molecule has 1 aliphatic rings. The van der Waals surface area contributed by atoms with Gasteiger partial charge in [-0.1, -0.05) is 49.5 Å². The number of fused-ring (bicyclic) bond motifs is 2. The zero-order valence-electron chi connectivity index (χ0n) is 10.7. The summed E-state index contributed by atoms with van der Waals surface area (Å²) in [6.45, 7) is 4.43. The molecular formula is C16H16S2. The molecule has 0 atom stereocenters. The predicted octanol–water partition coefficient (Wildman–Crippen LogP) is 5.43. The SMILES string of the molecule is CCc1ccc2c(c1)Sc1cc(CC)ccc1S2. The zero-order chi connectivity index (χ0) is 12.5. The molecule has 0 nitrogen and oxygen atoms in total. The Morgan fingerprint density at radius 2 is 1.11 bits per heavy atom. The van der Waals surface area contributed by atoms with Crippen LogP contribution in [0.5, 0.6) is 0 Å². The standard InChI is InChI=1S/C16H16S2/c1-3-11-5-7-13-15(9-11)18-16-10-12(4-2)6-8-14(16)17-13/h5-10H,3-4H2,1-2H3. The van der Waals surface area contributed by atoms with Gasteiger partial charge in [0.05, 0.1) is 0 Å². The molecule has 0 saturated carbocycles. The van der Waals surface area contributed by atoms with Crippen LogP contribution in [0.15, 0.2) is 56.0 Å². The second-order valence-corrected chi connectivity index (χ2v) is 6.64. The number of hydrogen-bond acceptors (Lipinski definition) is 2. The maximum Gasteiger partial charge on any atom is 0.0265 e. The maximum absolute atomic E-state index is 2.34. The van der Waals surface area contributed by atoms with Crippen molar-refractivity contribution >= 4 is 23.5 Å². The first-order valence-corrected chi connectivity index (χ1v) is 8.05. The first kappa shape index (κ1) is 12.2. The molecule has 1 aliphatic heterocycles. The molecule has 0 radical (unpaired) electrons. The highest BCUT2D eigenvalue weighted by Crippen LogP contribution is 2.48. The van der Waals surface area contributed by atoms with E-state index < -0.39 is 0 Å². The van der Waals surface area contributed by atoms with Crippen LogP contribution in [-0.2, 0) is 12.8 Å². The van der Waals surface area contributed by atoms with E-state index in [1.807, 2.05) is 23.5 Å². The zero-order valence-corrected chi connectivity index (χ0v) is 12.3. The Labute approximate surface area is 117 Å². The summed E-state index contributed by atoms with van der Waals surface area (Å²) in [5.74, 6) is 0. The fourth-order valence-electron chi connectivity index (χ4n) is 2.11. The lowest BCUT2D eigenvalue weighted by atomic mass is 10.2. The second-order valence-electron chi connectivity index (χ2n) is 4.47. The van der Waals surface area contributed by atoms with Crippen LogP contribution in [0.4, 0.5) is 0 Å². The van der Waals surface area contributed by atoms with Crippen LogP contribution in [0.25, 0.3) is 0 Å². The molecule has 2 heteroatoms. The second kappa shape index (κ2) is 5.02. The van der Waals surface area contributed by atoms with Crippen LogP contribution in [-0.4, -0.2) is 0 Å². The number of aryl methyl sites for hydroxylation is 2. The maximum atomic E-state index is 2.34. The van der Waals surface area contributed by atoms with Gasteiger partial charge in [0.2, 0.25) is 0 Å². The average Bonchev–Trinajstić information content (AvgIpc) is 2.43. The topological polar surface area (TPSA) is 0 Å². The highest BCUT2D eigenvalue weighted by Gasteiger charge is 2.17. The fourth-order valence-corrected chi connectivity index (χ4v) is 4.43. The summed E-state index contributed by atoms with van der Waals surface area (Å²) in [7, 11) is 0. The third kappa shape index (κ3) is 2.19. The summed E-state index contributed by atoms with van der Waals surface area (Å²) in [4.78, 5) is 5.63. The van der Waals surface area contributed by atoms with Crippen molar-refractivity contribution in [1.82, 2.24) is 0 Å². The van der Waals surface area contributed by atoms with Gasteiger partial charge in [0.1, 0.15) is 0 Å². The average molecular weight is 272 g/mol. The molecule has 2 aromatic carbocycles. The van der Waals surface area contributed by atoms with E-state index in [0.29, 0.717) is 0 Å². The minimum Gasteiger partial charge on any atom is -0.0877 e. The smallest absolute Gasteiger partial charge is 0.0265 e. The quantitative estimate of drug-likeness (QED) is 0.610. The molecule has 18 heavy (non-hydrogen) atoms. The van der Waals surface area contributed by atoms with Gasteiger partial charge in [-0.15, -0.1) is 0 Å². The molecule has 0 unspecified atom stereocenters. The molecule has 0 amide bonds. The molecule has 0 fully saturated rings. The molecule has 2 aromatic rings. The van der Waals surface area contributed by atoms with Gasteiger partial charge < -0.3 is 0 Å². The Balaban J connectivity index is 2.01. The molecule has 3 rings (SSSR count). The number of hydrogen-bond donors (Lipinski definition) is 0. The van der Waals surface area contributed by atoms with Gasteiger partial charge in [-0.25, -0.2) is 0 Å². The van der Waals surface area contributed by atoms with Crippen LogP contribution < -0.4 is 0 Å². The Kier molecular flexibility index (Phi) is 3.40. The van der Waals surface area contributed by atoms with E-state index in [2.05, 4.69) is 50.2 Å². The van der Waals surface area contributed by atoms with E-state index in [1.54, 1.807) is 0 Å². The Morgan fingerprint density at radius 1 is 0.667 bits per heavy atom. The summed E-state index contributed by atoms with van der Waals surface area (Å²) in [5.41, 5.74) is 2.86.